The van der Waals surface area contributed by atoms with Gasteiger partial charge < -0.3 is 19.5 Å². The zero-order valence-electron chi connectivity index (χ0n) is 10.2. The predicted octanol–water partition coefficient (Wildman–Crippen LogP) is 1.33. The minimum absolute atomic E-state index is 0.289. The van der Waals surface area contributed by atoms with Gasteiger partial charge in [-0.05, 0) is 6.07 Å². The van der Waals surface area contributed by atoms with Crippen LogP contribution in [0.25, 0.3) is 0 Å². The molecule has 0 bridgehead atoms. The van der Waals surface area contributed by atoms with E-state index in [-0.39, 0.29) is 6.54 Å². The van der Waals surface area contributed by atoms with E-state index >= 15 is 0 Å². The van der Waals surface area contributed by atoms with Gasteiger partial charge in [0, 0.05) is 18.2 Å². The molecule has 0 aromatic heterocycles. The fourth-order valence-corrected chi connectivity index (χ4v) is 1.48. The fourth-order valence-electron chi connectivity index (χ4n) is 1.48. The van der Waals surface area contributed by atoms with Crippen molar-refractivity contribution in [1.29, 1.82) is 5.26 Å². The van der Waals surface area contributed by atoms with Gasteiger partial charge in [-0.1, -0.05) is 0 Å². The highest BCUT2D eigenvalue weighted by Crippen LogP contribution is 2.34. The molecule has 1 aromatic carbocycles. The molecule has 0 amide bonds. The van der Waals surface area contributed by atoms with E-state index in [1.807, 2.05) is 12.1 Å². The summed E-state index contributed by atoms with van der Waals surface area (Å²) in [7, 11) is 4.75. The van der Waals surface area contributed by atoms with Gasteiger partial charge in [-0.15, -0.1) is 0 Å². The molecule has 0 aliphatic rings. The summed E-state index contributed by atoms with van der Waals surface area (Å²) in [4.78, 5) is 0. The van der Waals surface area contributed by atoms with Crippen molar-refractivity contribution in [2.75, 3.05) is 27.9 Å². The minimum atomic E-state index is 0.289. The van der Waals surface area contributed by atoms with E-state index in [0.29, 0.717) is 23.8 Å². The van der Waals surface area contributed by atoms with Crippen molar-refractivity contribution in [2.24, 2.45) is 0 Å². The van der Waals surface area contributed by atoms with E-state index in [1.54, 1.807) is 27.4 Å². The number of nitrogens with one attached hydrogen (secondary N) is 1. The molecule has 0 atom stereocenters. The Kier molecular flexibility index (Phi) is 5.11. The molecule has 0 fully saturated rings. The number of ether oxygens (including phenoxy) is 3. The van der Waals surface area contributed by atoms with Gasteiger partial charge in [0.2, 0.25) is 0 Å². The Hall–Kier alpha value is -1.93. The van der Waals surface area contributed by atoms with E-state index in [2.05, 4.69) is 5.32 Å². The minimum Gasteiger partial charge on any atom is -0.496 e. The van der Waals surface area contributed by atoms with Gasteiger partial charge >= 0.3 is 0 Å². The van der Waals surface area contributed by atoms with Crippen molar-refractivity contribution in [1.82, 2.24) is 5.32 Å². The lowest BCUT2D eigenvalue weighted by Gasteiger charge is -2.13. The number of nitrogens with zero attached hydrogens (tertiary/aromatic N) is 1. The Balaban J connectivity index is 2.98. The Labute approximate surface area is 101 Å². The zero-order chi connectivity index (χ0) is 12.7. The van der Waals surface area contributed by atoms with Gasteiger partial charge in [0.1, 0.15) is 5.75 Å². The van der Waals surface area contributed by atoms with Crippen molar-refractivity contribution in [2.45, 2.75) is 6.54 Å². The maximum absolute atomic E-state index is 8.47. The summed E-state index contributed by atoms with van der Waals surface area (Å²) in [6.45, 7) is 0.828. The Bertz CT molecular complexity index is 413. The average molecular weight is 236 g/mol. The molecule has 1 aromatic rings. The normalized spacial score (nSPS) is 9.53. The lowest BCUT2D eigenvalue weighted by atomic mass is 10.1. The van der Waals surface area contributed by atoms with Gasteiger partial charge in [0.25, 0.3) is 0 Å². The first-order valence-electron chi connectivity index (χ1n) is 5.13. The number of methoxy groups -OCH3 is 3. The van der Waals surface area contributed by atoms with Gasteiger partial charge in [-0.3, -0.25) is 0 Å². The first-order valence-corrected chi connectivity index (χ1v) is 5.13. The maximum Gasteiger partial charge on any atom is 0.164 e. The predicted molar refractivity (Wildman–Crippen MR) is 63.4 cm³/mol. The van der Waals surface area contributed by atoms with E-state index in [4.69, 9.17) is 19.5 Å². The van der Waals surface area contributed by atoms with Crippen LogP contribution in [-0.4, -0.2) is 27.9 Å². The lowest BCUT2D eigenvalue weighted by molar-refractivity contribution is 0.347. The summed E-state index contributed by atoms with van der Waals surface area (Å²) in [6, 6.07) is 5.62. The molecule has 0 spiro atoms. The average Bonchev–Trinajstić information content (AvgIpc) is 2.38. The first-order chi connectivity index (χ1) is 8.26. The van der Waals surface area contributed by atoms with Crippen LogP contribution in [0.5, 0.6) is 17.2 Å². The smallest absolute Gasteiger partial charge is 0.164 e. The Morgan fingerprint density at radius 1 is 1.06 bits per heavy atom. The van der Waals surface area contributed by atoms with Crippen molar-refractivity contribution < 1.29 is 14.2 Å². The van der Waals surface area contributed by atoms with Crippen LogP contribution in [0.2, 0.25) is 0 Å². The van der Waals surface area contributed by atoms with Gasteiger partial charge in [0.15, 0.2) is 11.5 Å². The first kappa shape index (κ1) is 13.1. The monoisotopic (exact) mass is 236 g/mol. The molecule has 0 aliphatic heterocycles. The largest absolute Gasteiger partial charge is 0.496 e. The molecule has 0 radical (unpaired) electrons. The van der Waals surface area contributed by atoms with Gasteiger partial charge in [0.05, 0.1) is 33.9 Å². The van der Waals surface area contributed by atoms with Crippen LogP contribution in [0.3, 0.4) is 0 Å². The lowest BCUT2D eigenvalue weighted by Crippen LogP contribution is -2.14. The molecule has 1 N–H and O–H groups in total. The summed E-state index contributed by atoms with van der Waals surface area (Å²) >= 11 is 0. The molecule has 92 valence electrons. The second-order valence-corrected chi connectivity index (χ2v) is 3.28. The van der Waals surface area contributed by atoms with Crippen molar-refractivity contribution in [3.63, 3.8) is 0 Å². The van der Waals surface area contributed by atoms with Crippen LogP contribution in [0.4, 0.5) is 0 Å². The van der Waals surface area contributed by atoms with Crippen LogP contribution in [0.15, 0.2) is 12.1 Å². The third kappa shape index (κ3) is 3.26. The maximum atomic E-state index is 8.47. The van der Waals surface area contributed by atoms with E-state index < -0.39 is 0 Å². The molecule has 0 saturated carbocycles. The molecule has 17 heavy (non-hydrogen) atoms. The van der Waals surface area contributed by atoms with Crippen LogP contribution in [0.1, 0.15) is 5.56 Å². The summed E-state index contributed by atoms with van der Waals surface area (Å²) in [5, 5.41) is 11.4. The summed E-state index contributed by atoms with van der Waals surface area (Å²) in [5.74, 6) is 1.96. The quantitative estimate of drug-likeness (QED) is 0.596. The summed E-state index contributed by atoms with van der Waals surface area (Å²) in [6.07, 6.45) is 0. The topological polar surface area (TPSA) is 63.5 Å². The number of benzene rings is 1. The standard InChI is InChI=1S/C12H16N2O3/c1-15-10-7-12(17-3)11(16-2)6-9(10)8-14-5-4-13/h6-7,14H,5,8H2,1-3H3. The molecule has 0 saturated heterocycles. The van der Waals surface area contributed by atoms with E-state index in [0.717, 1.165) is 5.56 Å². The molecule has 1 rings (SSSR count). The summed E-state index contributed by atoms with van der Waals surface area (Å²) in [5.41, 5.74) is 0.917. The number of rotatable bonds is 6. The zero-order valence-corrected chi connectivity index (χ0v) is 10.2. The van der Waals surface area contributed by atoms with E-state index in [9.17, 15) is 0 Å². The SMILES string of the molecule is COc1cc(OC)c(OC)cc1CNCC#N. The number of hydrogen-bond donors (Lipinski definition) is 1. The van der Waals surface area contributed by atoms with Crippen molar-refractivity contribution in [3.05, 3.63) is 17.7 Å². The van der Waals surface area contributed by atoms with E-state index in [1.165, 1.54) is 0 Å². The molecular formula is C12H16N2O3. The molecule has 0 unspecified atom stereocenters. The highest BCUT2D eigenvalue weighted by molar-refractivity contribution is 5.50. The molecule has 5 heteroatoms. The molecule has 5 nitrogen and oxygen atoms in total. The highest BCUT2D eigenvalue weighted by atomic mass is 16.5. The number of nitriles is 1. The fraction of sp³-hybridized carbons (Fsp3) is 0.417. The van der Waals surface area contributed by atoms with Crippen LogP contribution in [0, 0.1) is 11.3 Å². The molecule has 0 aliphatic carbocycles. The van der Waals surface area contributed by atoms with Crippen molar-refractivity contribution in [3.8, 4) is 23.3 Å². The third-order valence-corrected chi connectivity index (χ3v) is 2.31. The van der Waals surface area contributed by atoms with Crippen molar-refractivity contribution >= 4 is 0 Å². The Morgan fingerprint density at radius 2 is 1.65 bits per heavy atom. The number of hydrogen-bond acceptors (Lipinski definition) is 5. The van der Waals surface area contributed by atoms with Crippen LogP contribution in [-0.2, 0) is 6.54 Å². The second-order valence-electron chi connectivity index (χ2n) is 3.28. The third-order valence-electron chi connectivity index (χ3n) is 2.31. The van der Waals surface area contributed by atoms with Crippen LogP contribution < -0.4 is 19.5 Å². The second kappa shape index (κ2) is 6.61. The molecular weight excluding hydrogens is 220 g/mol. The van der Waals surface area contributed by atoms with Gasteiger partial charge in [-0.25, -0.2) is 0 Å². The highest BCUT2D eigenvalue weighted by Gasteiger charge is 2.11. The molecule has 0 heterocycles. The van der Waals surface area contributed by atoms with Crippen LogP contribution >= 0.6 is 0 Å². The summed E-state index contributed by atoms with van der Waals surface area (Å²) < 4.78 is 15.7. The van der Waals surface area contributed by atoms with Gasteiger partial charge in [-0.2, -0.15) is 5.26 Å². The Morgan fingerprint density at radius 3 is 2.18 bits per heavy atom.